The largest absolute Gasteiger partial charge is 0.493 e. The topological polar surface area (TPSA) is 48.0 Å². The number of hydrogen-bond acceptors (Lipinski definition) is 6. The Kier molecular flexibility index (Phi) is 5.78. The molecule has 2 aliphatic heterocycles. The Balaban J connectivity index is 1.48. The van der Waals surface area contributed by atoms with Gasteiger partial charge >= 0.3 is 0 Å². The molecule has 148 valence electrons. The summed E-state index contributed by atoms with van der Waals surface area (Å²) >= 11 is 1.63. The quantitative estimate of drug-likeness (QED) is 0.535. The number of likely N-dealkylation sites (tertiary alicyclic amines) is 1. The Morgan fingerprint density at radius 2 is 2.14 bits per heavy atom. The van der Waals surface area contributed by atoms with Crippen molar-refractivity contribution in [2.75, 3.05) is 33.2 Å². The number of carbonyl (C=O) groups is 1. The Bertz CT molecular complexity index is 870. The summed E-state index contributed by atoms with van der Waals surface area (Å²) in [5.74, 6) is 2.40. The molecule has 6 heteroatoms. The molecule has 0 amide bonds. The van der Waals surface area contributed by atoms with E-state index in [0.29, 0.717) is 11.5 Å². The number of fused-ring (bicyclic) bond motifs is 1. The van der Waals surface area contributed by atoms with E-state index in [1.165, 1.54) is 0 Å². The number of ether oxygens (including phenoxy) is 3. The highest BCUT2D eigenvalue weighted by molar-refractivity contribution is 7.98. The monoisotopic (exact) mass is 399 g/mol. The van der Waals surface area contributed by atoms with Crippen LogP contribution in [-0.4, -0.2) is 43.9 Å². The van der Waals surface area contributed by atoms with Crippen LogP contribution in [0.15, 0.2) is 41.3 Å². The van der Waals surface area contributed by atoms with Crippen LogP contribution in [0, 0.1) is 5.92 Å². The third kappa shape index (κ3) is 3.84. The van der Waals surface area contributed by atoms with Gasteiger partial charge in [0.2, 0.25) is 12.5 Å². The van der Waals surface area contributed by atoms with Gasteiger partial charge in [-0.2, -0.15) is 0 Å². The highest BCUT2D eigenvalue weighted by atomic mass is 32.2. The SMILES string of the molecule is COc1cc(CN2CCC[C@@H](C(=O)c3ccccc3SC)C2)cc2c1OCO2. The van der Waals surface area contributed by atoms with E-state index in [1.807, 2.05) is 42.7 Å². The van der Waals surface area contributed by atoms with Crippen LogP contribution in [0.2, 0.25) is 0 Å². The number of thioether (sulfide) groups is 1. The number of Topliss-reactive ketones (excluding diaryl/α,β-unsaturated/α-hetero) is 1. The molecule has 0 radical (unpaired) electrons. The minimum Gasteiger partial charge on any atom is -0.493 e. The molecule has 0 aromatic heterocycles. The van der Waals surface area contributed by atoms with Crippen molar-refractivity contribution in [1.29, 1.82) is 0 Å². The maximum absolute atomic E-state index is 13.1. The van der Waals surface area contributed by atoms with Crippen LogP contribution in [0.5, 0.6) is 17.2 Å². The molecule has 0 aliphatic carbocycles. The zero-order valence-electron chi connectivity index (χ0n) is 16.3. The molecule has 5 nitrogen and oxygen atoms in total. The predicted octanol–water partition coefficient (Wildman–Crippen LogP) is 4.24. The molecule has 0 spiro atoms. The third-order valence-corrected chi connectivity index (χ3v) is 6.17. The number of ketones is 1. The molecular weight excluding hydrogens is 374 g/mol. The molecule has 2 aliphatic rings. The number of carbonyl (C=O) groups excluding carboxylic acids is 1. The van der Waals surface area contributed by atoms with Gasteiger partial charge in [-0.05, 0) is 49.4 Å². The standard InChI is InChI=1S/C22H25NO4S/c1-25-18-10-15(11-19-22(18)27-14-26-19)12-23-9-5-6-16(13-23)21(24)17-7-3-4-8-20(17)28-2/h3-4,7-8,10-11,16H,5-6,9,12-14H2,1-2H3/t16-/m1/s1. The van der Waals surface area contributed by atoms with Gasteiger partial charge in [0.25, 0.3) is 0 Å². The normalized spacial score (nSPS) is 18.9. The molecule has 2 aromatic carbocycles. The van der Waals surface area contributed by atoms with Gasteiger partial charge < -0.3 is 14.2 Å². The summed E-state index contributed by atoms with van der Waals surface area (Å²) in [6.45, 7) is 2.76. The number of nitrogens with zero attached hydrogens (tertiary/aromatic N) is 1. The fourth-order valence-corrected chi connectivity index (χ4v) is 4.62. The van der Waals surface area contributed by atoms with E-state index >= 15 is 0 Å². The predicted molar refractivity (Wildman–Crippen MR) is 110 cm³/mol. The van der Waals surface area contributed by atoms with Gasteiger partial charge in [0, 0.05) is 29.5 Å². The van der Waals surface area contributed by atoms with Crippen LogP contribution >= 0.6 is 11.8 Å². The summed E-state index contributed by atoms with van der Waals surface area (Å²) in [5.41, 5.74) is 1.96. The van der Waals surface area contributed by atoms with Crippen molar-refractivity contribution in [3.63, 3.8) is 0 Å². The first kappa shape index (κ1) is 19.2. The van der Waals surface area contributed by atoms with Gasteiger partial charge in [-0.3, -0.25) is 9.69 Å². The molecule has 0 bridgehead atoms. The van der Waals surface area contributed by atoms with Gasteiger partial charge in [-0.25, -0.2) is 0 Å². The first-order valence-electron chi connectivity index (χ1n) is 9.55. The number of rotatable bonds is 6. The zero-order chi connectivity index (χ0) is 19.5. The summed E-state index contributed by atoms with van der Waals surface area (Å²) < 4.78 is 16.5. The second kappa shape index (κ2) is 8.45. The van der Waals surface area contributed by atoms with Crippen LogP contribution in [0.1, 0.15) is 28.8 Å². The molecular formula is C22H25NO4S. The van der Waals surface area contributed by atoms with Crippen LogP contribution in [-0.2, 0) is 6.54 Å². The molecule has 0 unspecified atom stereocenters. The van der Waals surface area contributed by atoms with Gasteiger partial charge in [0.1, 0.15) is 0 Å². The van der Waals surface area contributed by atoms with Gasteiger partial charge in [0.05, 0.1) is 7.11 Å². The van der Waals surface area contributed by atoms with Crippen molar-refractivity contribution in [2.24, 2.45) is 5.92 Å². The molecule has 1 fully saturated rings. The average molecular weight is 400 g/mol. The second-order valence-electron chi connectivity index (χ2n) is 7.17. The van der Waals surface area contributed by atoms with E-state index in [4.69, 9.17) is 14.2 Å². The first-order valence-corrected chi connectivity index (χ1v) is 10.8. The average Bonchev–Trinajstić information content (AvgIpc) is 3.21. The van der Waals surface area contributed by atoms with Crippen LogP contribution in [0.3, 0.4) is 0 Å². The van der Waals surface area contributed by atoms with Crippen LogP contribution in [0.25, 0.3) is 0 Å². The lowest BCUT2D eigenvalue weighted by molar-refractivity contribution is 0.0808. The fraction of sp³-hybridized carbons (Fsp3) is 0.409. The smallest absolute Gasteiger partial charge is 0.231 e. The number of benzene rings is 2. The molecule has 2 aromatic rings. The zero-order valence-corrected chi connectivity index (χ0v) is 17.1. The van der Waals surface area contributed by atoms with Gasteiger partial charge in [-0.1, -0.05) is 18.2 Å². The fourth-order valence-electron chi connectivity index (χ4n) is 4.01. The Morgan fingerprint density at radius 3 is 2.96 bits per heavy atom. The van der Waals surface area contributed by atoms with Crippen molar-refractivity contribution in [2.45, 2.75) is 24.3 Å². The van der Waals surface area contributed by atoms with Crippen molar-refractivity contribution in [3.05, 3.63) is 47.5 Å². The van der Waals surface area contributed by atoms with Crippen molar-refractivity contribution >= 4 is 17.5 Å². The first-order chi connectivity index (χ1) is 13.7. The number of piperidine rings is 1. The van der Waals surface area contributed by atoms with E-state index in [2.05, 4.69) is 4.90 Å². The van der Waals surface area contributed by atoms with E-state index in [1.54, 1.807) is 18.9 Å². The number of methoxy groups -OCH3 is 1. The highest BCUT2D eigenvalue weighted by Crippen LogP contribution is 2.42. The maximum Gasteiger partial charge on any atom is 0.231 e. The van der Waals surface area contributed by atoms with E-state index in [-0.39, 0.29) is 18.5 Å². The molecule has 1 saturated heterocycles. The lowest BCUT2D eigenvalue weighted by atomic mass is 9.89. The molecule has 1 atom stereocenters. The Labute approximate surface area is 170 Å². The van der Waals surface area contributed by atoms with Crippen LogP contribution < -0.4 is 14.2 Å². The summed E-state index contributed by atoms with van der Waals surface area (Å²) in [5, 5.41) is 0. The molecule has 0 N–H and O–H groups in total. The summed E-state index contributed by atoms with van der Waals surface area (Å²) in [6.07, 6.45) is 3.99. The second-order valence-corrected chi connectivity index (χ2v) is 8.02. The number of hydrogen-bond donors (Lipinski definition) is 0. The third-order valence-electron chi connectivity index (χ3n) is 5.37. The lowest BCUT2D eigenvalue weighted by Gasteiger charge is -2.32. The Hall–Kier alpha value is -2.18. The summed E-state index contributed by atoms with van der Waals surface area (Å²) in [7, 11) is 1.64. The molecule has 4 rings (SSSR count). The molecule has 28 heavy (non-hydrogen) atoms. The minimum absolute atomic E-state index is 0.0398. The molecule has 2 heterocycles. The summed E-state index contributed by atoms with van der Waals surface area (Å²) in [6, 6.07) is 11.9. The Morgan fingerprint density at radius 1 is 1.29 bits per heavy atom. The van der Waals surface area contributed by atoms with E-state index in [9.17, 15) is 4.79 Å². The lowest BCUT2D eigenvalue weighted by Crippen LogP contribution is -2.38. The van der Waals surface area contributed by atoms with Crippen molar-refractivity contribution in [3.8, 4) is 17.2 Å². The van der Waals surface area contributed by atoms with E-state index in [0.717, 1.165) is 54.2 Å². The van der Waals surface area contributed by atoms with Gasteiger partial charge in [0.15, 0.2) is 17.3 Å². The van der Waals surface area contributed by atoms with Crippen molar-refractivity contribution < 1.29 is 19.0 Å². The van der Waals surface area contributed by atoms with Crippen molar-refractivity contribution in [1.82, 2.24) is 4.90 Å². The summed E-state index contributed by atoms with van der Waals surface area (Å²) in [4.78, 5) is 16.5. The van der Waals surface area contributed by atoms with Gasteiger partial charge in [-0.15, -0.1) is 11.8 Å². The molecule has 0 saturated carbocycles. The minimum atomic E-state index is 0.0398. The van der Waals surface area contributed by atoms with E-state index < -0.39 is 0 Å². The van der Waals surface area contributed by atoms with Crippen LogP contribution in [0.4, 0.5) is 0 Å². The maximum atomic E-state index is 13.1. The highest BCUT2D eigenvalue weighted by Gasteiger charge is 2.28.